The summed E-state index contributed by atoms with van der Waals surface area (Å²) in [5, 5.41) is 0. The fourth-order valence-electron chi connectivity index (χ4n) is 0.270. The van der Waals surface area contributed by atoms with Crippen LogP contribution >= 0.6 is 15.2 Å². The number of nitrogens with two attached hydrogens (primary N) is 1. The van der Waals surface area contributed by atoms with Gasteiger partial charge in [-0.2, -0.15) is 0 Å². The van der Waals surface area contributed by atoms with Crippen LogP contribution in [0.3, 0.4) is 0 Å². The highest BCUT2D eigenvalue weighted by atomic mass is 31.3. The van der Waals surface area contributed by atoms with Crippen LogP contribution in [0.2, 0.25) is 0 Å². The fraction of sp³-hybridized carbons (Fsp3) is 1.00. The first-order chi connectivity index (χ1) is 4.27. The second kappa shape index (κ2) is 3.13. The Hall–Kier alpha value is 0.300. The van der Waals surface area contributed by atoms with E-state index in [0.717, 1.165) is 6.66 Å². The molecule has 0 aromatic carbocycles. The van der Waals surface area contributed by atoms with Crippen molar-refractivity contribution < 1.29 is 23.2 Å². The lowest BCUT2D eigenvalue weighted by atomic mass is 11.6. The molecule has 10 heavy (non-hydrogen) atoms. The van der Waals surface area contributed by atoms with Crippen molar-refractivity contribution in [2.75, 3.05) is 13.0 Å². The van der Waals surface area contributed by atoms with E-state index in [1.54, 1.807) is 0 Å². The van der Waals surface area contributed by atoms with E-state index in [1.165, 1.54) is 0 Å². The third-order valence-corrected chi connectivity index (χ3v) is 3.20. The zero-order valence-corrected chi connectivity index (χ0v) is 7.09. The van der Waals surface area contributed by atoms with E-state index in [2.05, 4.69) is 4.31 Å². The van der Waals surface area contributed by atoms with E-state index in [0.29, 0.717) is 0 Å². The van der Waals surface area contributed by atoms with Gasteiger partial charge < -0.3 is 15.5 Å². The van der Waals surface area contributed by atoms with E-state index < -0.39 is 21.5 Å². The van der Waals surface area contributed by atoms with Crippen molar-refractivity contribution >= 4 is 15.2 Å². The van der Waals surface area contributed by atoms with Crippen LogP contribution in [0.4, 0.5) is 0 Å². The Morgan fingerprint density at radius 1 is 1.50 bits per heavy atom. The first-order valence-corrected chi connectivity index (χ1v) is 6.09. The second-order valence-corrected chi connectivity index (χ2v) is 5.60. The van der Waals surface area contributed by atoms with Crippen LogP contribution in [-0.4, -0.2) is 22.7 Å². The molecule has 2 unspecified atom stereocenters. The Morgan fingerprint density at radius 3 is 2.00 bits per heavy atom. The first kappa shape index (κ1) is 10.3. The fourth-order valence-corrected chi connectivity index (χ4v) is 2.43. The molecule has 0 aromatic rings. The standard InChI is InChI=1S/C2H9NO5P2/c1-9(4,5)8-10(6,7)2-3/h2-3H2,1H3,(H,4,5)(H,6,7). The largest absolute Gasteiger partial charge is 0.348 e. The zero-order valence-electron chi connectivity index (χ0n) is 5.30. The summed E-state index contributed by atoms with van der Waals surface area (Å²) in [7, 11) is -7.93. The van der Waals surface area contributed by atoms with Crippen molar-refractivity contribution in [2.24, 2.45) is 5.73 Å². The summed E-state index contributed by atoms with van der Waals surface area (Å²) < 4.78 is 24.7. The van der Waals surface area contributed by atoms with Crippen LogP contribution < -0.4 is 5.73 Å². The van der Waals surface area contributed by atoms with Gasteiger partial charge in [0.15, 0.2) is 0 Å². The van der Waals surface area contributed by atoms with Gasteiger partial charge in [0.2, 0.25) is 0 Å². The van der Waals surface area contributed by atoms with E-state index in [9.17, 15) is 9.13 Å². The molecule has 0 amide bonds. The molecule has 2 atom stereocenters. The van der Waals surface area contributed by atoms with Crippen LogP contribution in [0.25, 0.3) is 0 Å². The van der Waals surface area contributed by atoms with Gasteiger partial charge in [0.25, 0.3) is 0 Å². The second-order valence-electron chi connectivity index (χ2n) is 1.70. The van der Waals surface area contributed by atoms with Gasteiger partial charge in [-0.15, -0.1) is 0 Å². The predicted octanol–water partition coefficient (Wildman–Crippen LogP) is -0.0802. The van der Waals surface area contributed by atoms with Crippen molar-refractivity contribution in [3.05, 3.63) is 0 Å². The molecular weight excluding hydrogens is 180 g/mol. The molecule has 62 valence electrons. The minimum Gasteiger partial charge on any atom is -0.324 e. The van der Waals surface area contributed by atoms with Gasteiger partial charge in [-0.1, -0.05) is 0 Å². The van der Waals surface area contributed by atoms with Gasteiger partial charge in [0.05, 0.1) is 6.29 Å². The van der Waals surface area contributed by atoms with Crippen LogP contribution in [0.15, 0.2) is 0 Å². The maximum Gasteiger partial charge on any atom is 0.348 e. The lowest BCUT2D eigenvalue weighted by Crippen LogP contribution is -2.01. The van der Waals surface area contributed by atoms with Gasteiger partial charge in [-0.3, -0.25) is 9.13 Å². The van der Waals surface area contributed by atoms with Gasteiger partial charge in [-0.25, -0.2) is 4.31 Å². The molecule has 0 saturated carbocycles. The van der Waals surface area contributed by atoms with Crippen LogP contribution in [-0.2, 0) is 13.4 Å². The minimum atomic E-state index is -4.03. The summed E-state index contributed by atoms with van der Waals surface area (Å²) in [4.78, 5) is 17.0. The summed E-state index contributed by atoms with van der Waals surface area (Å²) in [6.07, 6.45) is -0.661. The van der Waals surface area contributed by atoms with Crippen molar-refractivity contribution in [1.82, 2.24) is 0 Å². The maximum absolute atomic E-state index is 10.5. The van der Waals surface area contributed by atoms with Crippen molar-refractivity contribution in [2.45, 2.75) is 0 Å². The Kier molecular flexibility index (Phi) is 3.23. The van der Waals surface area contributed by atoms with Crippen molar-refractivity contribution in [1.29, 1.82) is 0 Å². The smallest absolute Gasteiger partial charge is 0.324 e. The molecule has 0 spiro atoms. The molecule has 0 aliphatic rings. The average Bonchev–Trinajstić information content (AvgIpc) is 1.60. The molecule has 0 saturated heterocycles. The Bertz CT molecular complexity index is 196. The summed E-state index contributed by atoms with van der Waals surface area (Å²) in [6, 6.07) is 0. The van der Waals surface area contributed by atoms with E-state index >= 15 is 0 Å². The Labute approximate surface area is 58.1 Å². The highest BCUT2D eigenvalue weighted by Gasteiger charge is 2.25. The van der Waals surface area contributed by atoms with Crippen LogP contribution in [0.5, 0.6) is 0 Å². The molecule has 6 nitrogen and oxygen atoms in total. The molecule has 0 aliphatic carbocycles. The van der Waals surface area contributed by atoms with Gasteiger partial charge in [0.1, 0.15) is 0 Å². The number of hydrogen-bond donors (Lipinski definition) is 3. The maximum atomic E-state index is 10.5. The van der Waals surface area contributed by atoms with Gasteiger partial charge >= 0.3 is 15.2 Å². The van der Waals surface area contributed by atoms with Gasteiger partial charge in [0, 0.05) is 6.66 Å². The molecule has 0 fully saturated rings. The van der Waals surface area contributed by atoms with Crippen molar-refractivity contribution in [3.8, 4) is 0 Å². The van der Waals surface area contributed by atoms with E-state index in [-0.39, 0.29) is 0 Å². The molecular formula is C2H9NO5P2. The van der Waals surface area contributed by atoms with Crippen molar-refractivity contribution in [3.63, 3.8) is 0 Å². The Balaban J connectivity index is 4.17. The molecule has 0 rings (SSSR count). The first-order valence-electron chi connectivity index (χ1n) is 2.30. The molecule has 0 radical (unpaired) electrons. The average molecular weight is 189 g/mol. The number of hydrogen-bond acceptors (Lipinski definition) is 4. The predicted molar refractivity (Wildman–Crippen MR) is 35.7 cm³/mol. The topological polar surface area (TPSA) is 110 Å². The third kappa shape index (κ3) is 5.11. The zero-order chi connectivity index (χ0) is 8.41. The van der Waals surface area contributed by atoms with Crippen LogP contribution in [0, 0.1) is 0 Å². The van der Waals surface area contributed by atoms with Crippen LogP contribution in [0.1, 0.15) is 0 Å². The SMILES string of the molecule is CP(=O)(O)OP(=O)(O)CN. The highest BCUT2D eigenvalue weighted by Crippen LogP contribution is 2.55. The number of rotatable bonds is 3. The minimum absolute atomic E-state index is 0.661. The lowest BCUT2D eigenvalue weighted by molar-refractivity contribution is 0.337. The summed E-state index contributed by atoms with van der Waals surface area (Å²) in [5.74, 6) is 0. The molecule has 0 bridgehead atoms. The molecule has 4 N–H and O–H groups in total. The normalized spacial score (nSPS) is 23.2. The quantitative estimate of drug-likeness (QED) is 0.535. The lowest BCUT2D eigenvalue weighted by Gasteiger charge is -2.10. The van der Waals surface area contributed by atoms with E-state index in [4.69, 9.17) is 15.5 Å². The summed E-state index contributed by atoms with van der Waals surface area (Å²) in [5.41, 5.74) is 4.74. The molecule has 0 aliphatic heterocycles. The molecule has 0 aromatic heterocycles. The molecule has 0 heterocycles. The van der Waals surface area contributed by atoms with Gasteiger partial charge in [-0.05, 0) is 0 Å². The van der Waals surface area contributed by atoms with E-state index in [1.807, 2.05) is 0 Å². The molecule has 8 heteroatoms. The summed E-state index contributed by atoms with van der Waals surface area (Å²) >= 11 is 0. The monoisotopic (exact) mass is 189 g/mol. The Morgan fingerprint density at radius 2 is 1.90 bits per heavy atom. The third-order valence-electron chi connectivity index (χ3n) is 0.510. The summed E-state index contributed by atoms with van der Waals surface area (Å²) in [6.45, 7) is 0.811. The highest BCUT2D eigenvalue weighted by molar-refractivity contribution is 7.65.